The van der Waals surface area contributed by atoms with Crippen molar-refractivity contribution in [1.29, 1.82) is 0 Å². The molecule has 26 heavy (non-hydrogen) atoms. The molecule has 1 aliphatic rings. The van der Waals surface area contributed by atoms with Gasteiger partial charge in [-0.25, -0.2) is 8.42 Å². The predicted octanol–water partition coefficient (Wildman–Crippen LogP) is 2.16. The van der Waals surface area contributed by atoms with E-state index in [9.17, 15) is 8.42 Å². The Kier molecular flexibility index (Phi) is 5.79. The van der Waals surface area contributed by atoms with Crippen molar-refractivity contribution in [3.8, 4) is 0 Å². The van der Waals surface area contributed by atoms with Crippen LogP contribution in [0.25, 0.3) is 0 Å². The Morgan fingerprint density at radius 2 is 2.00 bits per heavy atom. The third kappa shape index (κ3) is 4.52. The molecular formula is C19H28N4O2S. The number of piperidine rings is 1. The van der Waals surface area contributed by atoms with Gasteiger partial charge in [0, 0.05) is 20.0 Å². The van der Waals surface area contributed by atoms with Crippen LogP contribution in [0.1, 0.15) is 41.3 Å². The Labute approximate surface area is 156 Å². The zero-order valence-electron chi connectivity index (χ0n) is 15.8. The van der Waals surface area contributed by atoms with Crippen LogP contribution in [0.15, 0.2) is 30.3 Å². The van der Waals surface area contributed by atoms with E-state index in [-0.39, 0.29) is 5.75 Å². The molecule has 0 saturated carbocycles. The molecule has 0 radical (unpaired) electrons. The lowest BCUT2D eigenvalue weighted by atomic mass is 9.95. The van der Waals surface area contributed by atoms with Crippen LogP contribution < -0.4 is 5.32 Å². The maximum absolute atomic E-state index is 12.7. The van der Waals surface area contributed by atoms with E-state index in [0.29, 0.717) is 12.5 Å². The highest BCUT2D eigenvalue weighted by molar-refractivity contribution is 7.88. The molecule has 0 amide bonds. The normalized spacial score (nSPS) is 16.3. The van der Waals surface area contributed by atoms with Crippen molar-refractivity contribution in [1.82, 2.24) is 19.4 Å². The van der Waals surface area contributed by atoms with Gasteiger partial charge in [-0.3, -0.25) is 4.68 Å². The maximum Gasteiger partial charge on any atom is 0.218 e. The van der Waals surface area contributed by atoms with Gasteiger partial charge >= 0.3 is 0 Å². The molecule has 1 aromatic heterocycles. The van der Waals surface area contributed by atoms with E-state index >= 15 is 0 Å². The van der Waals surface area contributed by atoms with Gasteiger partial charge in [0.05, 0.1) is 23.7 Å². The first kappa shape index (κ1) is 19.1. The van der Waals surface area contributed by atoms with Crippen LogP contribution in [0.5, 0.6) is 0 Å². The molecule has 3 rings (SSSR count). The summed E-state index contributed by atoms with van der Waals surface area (Å²) < 4.78 is 28.7. The third-order valence-corrected chi connectivity index (χ3v) is 6.82. The smallest absolute Gasteiger partial charge is 0.218 e. The Morgan fingerprint density at radius 3 is 2.69 bits per heavy atom. The highest BCUT2D eigenvalue weighted by atomic mass is 32.2. The molecule has 0 bridgehead atoms. The molecule has 1 aromatic carbocycles. The molecule has 0 unspecified atom stereocenters. The number of rotatable bonds is 6. The van der Waals surface area contributed by atoms with E-state index in [0.717, 1.165) is 48.4 Å². The summed E-state index contributed by atoms with van der Waals surface area (Å²) in [6.45, 7) is 4.34. The predicted molar refractivity (Wildman–Crippen MR) is 103 cm³/mol. The van der Waals surface area contributed by atoms with Gasteiger partial charge in [0.1, 0.15) is 0 Å². The maximum atomic E-state index is 12.7. The standard InChI is InChI=1S/C19H28N4O2S/c1-15-5-4-6-16(11-15)14-26(24,25)22(2)13-18-12-19(21-23(18)3)17-7-9-20-10-8-17/h4-6,11-12,17,20H,7-10,13-14H2,1-3H3. The lowest BCUT2D eigenvalue weighted by Crippen LogP contribution is -2.28. The topological polar surface area (TPSA) is 67.2 Å². The summed E-state index contributed by atoms with van der Waals surface area (Å²) in [6, 6.07) is 9.71. The molecule has 6 nitrogen and oxygen atoms in total. The SMILES string of the molecule is Cc1cccc(CS(=O)(=O)N(C)Cc2cc(C3CCNCC3)nn2C)c1. The van der Waals surface area contributed by atoms with Crippen molar-refractivity contribution in [2.45, 2.75) is 38.0 Å². The third-order valence-electron chi connectivity index (χ3n) is 5.04. The largest absolute Gasteiger partial charge is 0.317 e. The number of aryl methyl sites for hydroxylation is 2. The monoisotopic (exact) mass is 376 g/mol. The van der Waals surface area contributed by atoms with Crippen molar-refractivity contribution >= 4 is 10.0 Å². The molecule has 2 heterocycles. The van der Waals surface area contributed by atoms with Crippen molar-refractivity contribution in [3.05, 3.63) is 52.8 Å². The van der Waals surface area contributed by atoms with Gasteiger partial charge in [0.2, 0.25) is 10.0 Å². The Hall–Kier alpha value is -1.70. The number of nitrogens with one attached hydrogen (secondary N) is 1. The minimum absolute atomic E-state index is 0.0180. The number of nitrogens with zero attached hydrogens (tertiary/aromatic N) is 3. The Balaban J connectivity index is 1.70. The Bertz CT molecular complexity index is 854. The van der Waals surface area contributed by atoms with Gasteiger partial charge in [-0.15, -0.1) is 0 Å². The summed E-state index contributed by atoms with van der Waals surface area (Å²) >= 11 is 0. The number of benzene rings is 1. The first-order valence-corrected chi connectivity index (χ1v) is 10.7. The number of hydrogen-bond donors (Lipinski definition) is 1. The first-order chi connectivity index (χ1) is 12.3. The van der Waals surface area contributed by atoms with Gasteiger partial charge in [-0.05, 0) is 44.5 Å². The lowest BCUT2D eigenvalue weighted by molar-refractivity contribution is 0.446. The van der Waals surface area contributed by atoms with E-state index in [2.05, 4.69) is 16.5 Å². The van der Waals surface area contributed by atoms with Gasteiger partial charge in [0.25, 0.3) is 0 Å². The van der Waals surface area contributed by atoms with Crippen molar-refractivity contribution in [2.75, 3.05) is 20.1 Å². The second kappa shape index (κ2) is 7.90. The first-order valence-electron chi connectivity index (χ1n) is 9.08. The minimum Gasteiger partial charge on any atom is -0.317 e. The summed E-state index contributed by atoms with van der Waals surface area (Å²) in [6.07, 6.45) is 2.16. The van der Waals surface area contributed by atoms with Crippen LogP contribution in [0, 0.1) is 6.92 Å². The van der Waals surface area contributed by atoms with E-state index in [1.807, 2.05) is 42.9 Å². The molecular weight excluding hydrogens is 348 g/mol. The van der Waals surface area contributed by atoms with E-state index in [1.54, 1.807) is 7.05 Å². The number of sulfonamides is 1. The molecule has 0 aliphatic carbocycles. The van der Waals surface area contributed by atoms with Gasteiger partial charge in [-0.1, -0.05) is 29.8 Å². The van der Waals surface area contributed by atoms with Crippen molar-refractivity contribution in [3.63, 3.8) is 0 Å². The fraction of sp³-hybridized carbons (Fsp3) is 0.526. The van der Waals surface area contributed by atoms with Gasteiger partial charge < -0.3 is 5.32 Å². The van der Waals surface area contributed by atoms with Crippen LogP contribution in [0.3, 0.4) is 0 Å². The van der Waals surface area contributed by atoms with Crippen molar-refractivity contribution in [2.24, 2.45) is 7.05 Å². The van der Waals surface area contributed by atoms with Gasteiger partial charge in [-0.2, -0.15) is 9.40 Å². The molecule has 2 aromatic rings. The average Bonchev–Trinajstić information content (AvgIpc) is 2.96. The molecule has 142 valence electrons. The fourth-order valence-electron chi connectivity index (χ4n) is 3.44. The average molecular weight is 377 g/mol. The summed E-state index contributed by atoms with van der Waals surface area (Å²) in [5.74, 6) is 0.481. The highest BCUT2D eigenvalue weighted by Gasteiger charge is 2.23. The number of hydrogen-bond acceptors (Lipinski definition) is 4. The van der Waals surface area contributed by atoms with E-state index in [4.69, 9.17) is 0 Å². The minimum atomic E-state index is -3.38. The van der Waals surface area contributed by atoms with Crippen LogP contribution in [0.2, 0.25) is 0 Å². The molecule has 1 fully saturated rings. The molecule has 0 atom stereocenters. The molecule has 1 aliphatic heterocycles. The van der Waals surface area contributed by atoms with Crippen LogP contribution >= 0.6 is 0 Å². The molecule has 7 heteroatoms. The highest BCUT2D eigenvalue weighted by Crippen LogP contribution is 2.25. The van der Waals surface area contributed by atoms with Crippen LogP contribution in [0.4, 0.5) is 0 Å². The van der Waals surface area contributed by atoms with Crippen LogP contribution in [-0.2, 0) is 29.4 Å². The van der Waals surface area contributed by atoms with Gasteiger partial charge in [0.15, 0.2) is 0 Å². The molecule has 1 saturated heterocycles. The zero-order chi connectivity index (χ0) is 18.7. The number of aromatic nitrogens is 2. The molecule has 0 spiro atoms. The fourth-order valence-corrected chi connectivity index (χ4v) is 4.59. The quantitative estimate of drug-likeness (QED) is 0.839. The summed E-state index contributed by atoms with van der Waals surface area (Å²) in [5, 5.41) is 8.00. The summed E-state index contributed by atoms with van der Waals surface area (Å²) in [5.41, 5.74) is 3.89. The summed E-state index contributed by atoms with van der Waals surface area (Å²) in [4.78, 5) is 0. The second-order valence-electron chi connectivity index (χ2n) is 7.21. The zero-order valence-corrected chi connectivity index (χ0v) is 16.6. The Morgan fingerprint density at radius 1 is 1.27 bits per heavy atom. The van der Waals surface area contributed by atoms with Crippen molar-refractivity contribution < 1.29 is 8.42 Å². The van der Waals surface area contributed by atoms with E-state index in [1.165, 1.54) is 4.31 Å². The van der Waals surface area contributed by atoms with E-state index < -0.39 is 10.0 Å². The second-order valence-corrected chi connectivity index (χ2v) is 9.29. The summed E-state index contributed by atoms with van der Waals surface area (Å²) in [7, 11) is 0.153. The molecule has 1 N–H and O–H groups in total. The van der Waals surface area contributed by atoms with Crippen LogP contribution in [-0.4, -0.2) is 42.6 Å². The lowest BCUT2D eigenvalue weighted by Gasteiger charge is -2.20.